The Hall–Kier alpha value is -4.08. The van der Waals surface area contributed by atoms with Crippen LogP contribution in [0.3, 0.4) is 0 Å². The minimum absolute atomic E-state index is 0.0127. The van der Waals surface area contributed by atoms with Crippen LogP contribution in [0.2, 0.25) is 5.02 Å². The molecule has 4 heterocycles. The standard InChI is InChI=1S/C30H32ClF2N7O5S/c1-30(2,3)45-28(41)38-27-36-23-16(7-8-19(32)24(23)46-27)20-18(31)10-17-22(21(20)33)35-26(44-13-15-6-5-9-39(15)4)37-25(17)34-14-11-40(12-14)29(42)43/h7-8,10,14-15H,5-6,9,11-13H2,1-4H3,(H,42,43)(H,34,35,37)(H,36,38,41). The van der Waals surface area contributed by atoms with Gasteiger partial charge in [-0.2, -0.15) is 9.97 Å². The average Bonchev–Trinajstić information content (AvgIpc) is 3.55. The monoisotopic (exact) mass is 675 g/mol. The molecule has 0 bridgehead atoms. The van der Waals surface area contributed by atoms with Gasteiger partial charge in [0.15, 0.2) is 10.9 Å². The quantitative estimate of drug-likeness (QED) is 0.201. The van der Waals surface area contributed by atoms with Crippen molar-refractivity contribution in [2.24, 2.45) is 0 Å². The van der Waals surface area contributed by atoms with Crippen LogP contribution in [-0.2, 0) is 4.74 Å². The van der Waals surface area contributed by atoms with E-state index >= 15 is 4.39 Å². The van der Waals surface area contributed by atoms with Gasteiger partial charge in [0, 0.05) is 35.6 Å². The minimum atomic E-state index is -1.04. The number of benzene rings is 2. The van der Waals surface area contributed by atoms with Crippen LogP contribution < -0.4 is 15.4 Å². The highest BCUT2D eigenvalue weighted by atomic mass is 35.5. The fourth-order valence-corrected chi connectivity index (χ4v) is 6.67. The van der Waals surface area contributed by atoms with Crippen molar-refractivity contribution in [2.75, 3.05) is 43.9 Å². The van der Waals surface area contributed by atoms with E-state index in [0.29, 0.717) is 6.61 Å². The van der Waals surface area contributed by atoms with Gasteiger partial charge in [-0.15, -0.1) is 0 Å². The first-order valence-electron chi connectivity index (χ1n) is 14.6. The Bertz CT molecular complexity index is 1850. The lowest BCUT2D eigenvalue weighted by atomic mass is 10.0. The molecule has 4 aromatic rings. The van der Waals surface area contributed by atoms with E-state index in [1.807, 2.05) is 7.05 Å². The van der Waals surface area contributed by atoms with Crippen molar-refractivity contribution in [3.05, 3.63) is 34.9 Å². The van der Waals surface area contributed by atoms with Gasteiger partial charge in [0.25, 0.3) is 0 Å². The first-order valence-corrected chi connectivity index (χ1v) is 15.8. The number of hydrogen-bond acceptors (Lipinski definition) is 10. The number of likely N-dealkylation sites (tertiary alicyclic amines) is 2. The molecule has 2 amide bonds. The molecule has 2 aromatic heterocycles. The molecule has 0 aliphatic carbocycles. The number of ether oxygens (including phenoxy) is 2. The molecule has 6 rings (SSSR count). The number of rotatable bonds is 7. The van der Waals surface area contributed by atoms with E-state index in [-0.39, 0.29) is 79.4 Å². The van der Waals surface area contributed by atoms with E-state index in [4.69, 9.17) is 21.1 Å². The van der Waals surface area contributed by atoms with Crippen molar-refractivity contribution >= 4 is 67.2 Å². The van der Waals surface area contributed by atoms with Gasteiger partial charge in [-0.3, -0.25) is 5.32 Å². The predicted octanol–water partition coefficient (Wildman–Crippen LogP) is 6.43. The number of amides is 2. The molecule has 0 saturated carbocycles. The number of carboxylic acid groups (broad SMARTS) is 1. The van der Waals surface area contributed by atoms with Crippen molar-refractivity contribution in [3.8, 4) is 17.1 Å². The molecule has 2 aliphatic rings. The second-order valence-electron chi connectivity index (χ2n) is 12.3. The SMILES string of the molecule is CN1CCCC1COc1nc(NC2CN(C(=O)O)C2)c2cc(Cl)c(-c3ccc(F)c4sc(NC(=O)OC(C)(C)C)nc34)c(F)c2n1. The summed E-state index contributed by atoms with van der Waals surface area (Å²) < 4.78 is 42.9. The van der Waals surface area contributed by atoms with Crippen molar-refractivity contribution in [1.29, 1.82) is 0 Å². The van der Waals surface area contributed by atoms with E-state index < -0.39 is 29.4 Å². The van der Waals surface area contributed by atoms with Gasteiger partial charge < -0.3 is 29.7 Å². The number of nitrogens with one attached hydrogen (secondary N) is 2. The summed E-state index contributed by atoms with van der Waals surface area (Å²) >= 11 is 7.59. The molecule has 244 valence electrons. The zero-order chi connectivity index (χ0) is 32.9. The highest BCUT2D eigenvalue weighted by Gasteiger charge is 2.32. The van der Waals surface area contributed by atoms with Crippen LogP contribution in [0.25, 0.3) is 32.2 Å². The number of carbonyl (C=O) groups is 2. The molecule has 1 atom stereocenters. The Morgan fingerprint density at radius 1 is 1.17 bits per heavy atom. The first kappa shape index (κ1) is 31.9. The molecule has 2 aromatic carbocycles. The van der Waals surface area contributed by atoms with Crippen molar-refractivity contribution in [2.45, 2.75) is 51.3 Å². The zero-order valence-corrected chi connectivity index (χ0v) is 27.1. The highest BCUT2D eigenvalue weighted by molar-refractivity contribution is 7.22. The van der Waals surface area contributed by atoms with Gasteiger partial charge in [0.05, 0.1) is 21.3 Å². The summed E-state index contributed by atoms with van der Waals surface area (Å²) in [7, 11) is 2.00. The topological polar surface area (TPSA) is 142 Å². The maximum Gasteiger partial charge on any atom is 0.413 e. The molecule has 0 radical (unpaired) electrons. The summed E-state index contributed by atoms with van der Waals surface area (Å²) in [4.78, 5) is 40.4. The van der Waals surface area contributed by atoms with Gasteiger partial charge in [-0.25, -0.2) is 23.4 Å². The van der Waals surface area contributed by atoms with Gasteiger partial charge in [0.1, 0.15) is 29.4 Å². The van der Waals surface area contributed by atoms with Crippen LogP contribution >= 0.6 is 22.9 Å². The smallest absolute Gasteiger partial charge is 0.413 e. The number of anilines is 2. The Labute approximate surface area is 271 Å². The van der Waals surface area contributed by atoms with Crippen LogP contribution in [0, 0.1) is 11.6 Å². The molecular formula is C30H32ClF2N7O5S. The third kappa shape index (κ3) is 6.44. The normalized spacial score (nSPS) is 17.4. The largest absolute Gasteiger partial charge is 0.465 e. The number of carbonyl (C=O) groups excluding carboxylic acids is 1. The molecule has 2 aliphatic heterocycles. The third-order valence-corrected chi connectivity index (χ3v) is 9.08. The molecule has 46 heavy (non-hydrogen) atoms. The number of hydrogen-bond donors (Lipinski definition) is 3. The van der Waals surface area contributed by atoms with E-state index in [0.717, 1.165) is 30.7 Å². The van der Waals surface area contributed by atoms with Crippen LogP contribution in [-0.4, -0.2) is 93.0 Å². The minimum Gasteiger partial charge on any atom is -0.465 e. The van der Waals surface area contributed by atoms with Crippen LogP contribution in [0.15, 0.2) is 18.2 Å². The summed E-state index contributed by atoms with van der Waals surface area (Å²) in [5.74, 6) is -1.17. The van der Waals surface area contributed by atoms with E-state index in [1.165, 1.54) is 23.1 Å². The molecule has 3 N–H and O–H groups in total. The summed E-state index contributed by atoms with van der Waals surface area (Å²) in [5.41, 5.74) is -0.652. The molecule has 2 fully saturated rings. The van der Waals surface area contributed by atoms with Gasteiger partial charge >= 0.3 is 18.2 Å². The summed E-state index contributed by atoms with van der Waals surface area (Å²) in [6, 6.07) is 3.87. The molecule has 16 heteroatoms. The number of thiazole rings is 1. The zero-order valence-electron chi connectivity index (χ0n) is 25.5. The summed E-state index contributed by atoms with van der Waals surface area (Å²) in [6.07, 6.45) is 0.168. The maximum atomic E-state index is 16.7. The second kappa shape index (κ2) is 12.3. The lowest BCUT2D eigenvalue weighted by molar-refractivity contribution is 0.0635. The summed E-state index contributed by atoms with van der Waals surface area (Å²) in [5, 5.41) is 15.3. The Balaban J connectivity index is 1.41. The molecular weight excluding hydrogens is 644 g/mol. The summed E-state index contributed by atoms with van der Waals surface area (Å²) in [6.45, 7) is 6.79. The molecule has 12 nitrogen and oxygen atoms in total. The van der Waals surface area contributed by atoms with E-state index in [1.54, 1.807) is 20.8 Å². The fourth-order valence-electron chi connectivity index (χ4n) is 5.50. The lowest BCUT2D eigenvalue weighted by Gasteiger charge is -2.37. The average molecular weight is 676 g/mol. The number of halogens is 3. The lowest BCUT2D eigenvalue weighted by Crippen LogP contribution is -2.56. The second-order valence-corrected chi connectivity index (χ2v) is 13.7. The molecule has 2 saturated heterocycles. The number of likely N-dealkylation sites (N-methyl/N-ethyl adjacent to an activating group) is 1. The number of aromatic nitrogens is 3. The number of fused-ring (bicyclic) bond motifs is 2. The Morgan fingerprint density at radius 3 is 2.61 bits per heavy atom. The van der Waals surface area contributed by atoms with Crippen LogP contribution in [0.5, 0.6) is 6.01 Å². The molecule has 0 spiro atoms. The van der Waals surface area contributed by atoms with E-state index in [9.17, 15) is 19.1 Å². The third-order valence-electron chi connectivity index (χ3n) is 7.80. The predicted molar refractivity (Wildman–Crippen MR) is 171 cm³/mol. The van der Waals surface area contributed by atoms with Crippen LogP contribution in [0.1, 0.15) is 33.6 Å². The molecule has 1 unspecified atom stereocenters. The highest BCUT2D eigenvalue weighted by Crippen LogP contribution is 2.43. The first-order chi connectivity index (χ1) is 21.8. The van der Waals surface area contributed by atoms with Gasteiger partial charge in [-0.1, -0.05) is 22.9 Å². The van der Waals surface area contributed by atoms with Crippen molar-refractivity contribution < 1.29 is 33.0 Å². The number of nitrogens with zero attached hydrogens (tertiary/aromatic N) is 5. The van der Waals surface area contributed by atoms with Gasteiger partial charge in [0.2, 0.25) is 0 Å². The Kier molecular flexibility index (Phi) is 8.50. The maximum absolute atomic E-state index is 16.7. The Morgan fingerprint density at radius 2 is 1.93 bits per heavy atom. The van der Waals surface area contributed by atoms with E-state index in [2.05, 4.69) is 30.5 Å². The van der Waals surface area contributed by atoms with Crippen molar-refractivity contribution in [3.63, 3.8) is 0 Å². The fraction of sp³-hybridized carbons (Fsp3) is 0.433. The van der Waals surface area contributed by atoms with Crippen molar-refractivity contribution in [1.82, 2.24) is 24.8 Å². The van der Waals surface area contributed by atoms with Crippen LogP contribution in [0.4, 0.5) is 29.3 Å². The van der Waals surface area contributed by atoms with Gasteiger partial charge in [-0.05, 0) is 65.4 Å².